The molecule has 3 rings (SSSR count). The summed E-state index contributed by atoms with van der Waals surface area (Å²) in [5, 5.41) is 11.2. The zero-order valence-electron chi connectivity index (χ0n) is 17.3. The summed E-state index contributed by atoms with van der Waals surface area (Å²) in [6.45, 7) is 0.770. The van der Waals surface area contributed by atoms with Gasteiger partial charge in [-0.2, -0.15) is 9.57 Å². The maximum atomic E-state index is 13.4. The average molecular weight is 480 g/mol. The highest BCUT2D eigenvalue weighted by Gasteiger charge is 2.32. The van der Waals surface area contributed by atoms with Gasteiger partial charge in [0.1, 0.15) is 11.6 Å². The minimum Gasteiger partial charge on any atom is -0.493 e. The number of ether oxygens (including phenoxy) is 1. The number of nitrogens with zero attached hydrogens (tertiary/aromatic N) is 2. The Kier molecular flexibility index (Phi) is 8.07. The van der Waals surface area contributed by atoms with E-state index in [2.05, 4.69) is 11.4 Å². The number of hydrogen-bond donors (Lipinski definition) is 1. The van der Waals surface area contributed by atoms with Gasteiger partial charge in [-0.25, -0.2) is 12.8 Å². The van der Waals surface area contributed by atoms with E-state index in [0.717, 1.165) is 12.1 Å². The number of sulfonamides is 1. The summed E-state index contributed by atoms with van der Waals surface area (Å²) < 4.78 is 45.8. The molecule has 1 aliphatic heterocycles. The van der Waals surface area contributed by atoms with Gasteiger partial charge in [-0.05, 0) is 49.6 Å². The SMILES string of the molecule is N#CCCCOc1cccc(NC(=O)C2CCN(S(=O)(=O)c3ccc(F)c(Cl)c3)CC2)c1. The molecule has 0 atom stereocenters. The fourth-order valence-electron chi connectivity index (χ4n) is 3.39. The summed E-state index contributed by atoms with van der Waals surface area (Å²) >= 11 is 5.72. The molecule has 1 aliphatic rings. The number of carbonyl (C=O) groups is 1. The molecule has 0 radical (unpaired) electrons. The van der Waals surface area contributed by atoms with Crippen molar-refractivity contribution in [1.29, 1.82) is 5.26 Å². The average Bonchev–Trinajstić information content (AvgIpc) is 2.79. The van der Waals surface area contributed by atoms with Crippen LogP contribution in [0.25, 0.3) is 0 Å². The summed E-state index contributed by atoms with van der Waals surface area (Å²) in [6, 6.07) is 12.4. The molecule has 2 aromatic rings. The van der Waals surface area contributed by atoms with Gasteiger partial charge in [0.05, 0.1) is 22.6 Å². The molecule has 0 aliphatic carbocycles. The van der Waals surface area contributed by atoms with Crippen LogP contribution in [0.3, 0.4) is 0 Å². The molecule has 1 fully saturated rings. The van der Waals surface area contributed by atoms with E-state index in [1.54, 1.807) is 24.3 Å². The number of amides is 1. The van der Waals surface area contributed by atoms with Gasteiger partial charge in [-0.3, -0.25) is 4.79 Å². The molecule has 1 saturated heterocycles. The first-order valence-corrected chi connectivity index (χ1v) is 12.0. The van der Waals surface area contributed by atoms with Gasteiger partial charge in [0.2, 0.25) is 15.9 Å². The van der Waals surface area contributed by atoms with Crippen molar-refractivity contribution in [3.63, 3.8) is 0 Å². The van der Waals surface area contributed by atoms with E-state index < -0.39 is 15.8 Å². The molecule has 0 bridgehead atoms. The van der Waals surface area contributed by atoms with E-state index in [4.69, 9.17) is 21.6 Å². The third kappa shape index (κ3) is 5.97. The summed E-state index contributed by atoms with van der Waals surface area (Å²) in [6.07, 6.45) is 1.77. The van der Waals surface area contributed by atoms with Gasteiger partial charge < -0.3 is 10.1 Å². The lowest BCUT2D eigenvalue weighted by molar-refractivity contribution is -0.120. The Bertz CT molecular complexity index is 1110. The third-order valence-corrected chi connectivity index (χ3v) is 7.34. The van der Waals surface area contributed by atoms with E-state index in [9.17, 15) is 17.6 Å². The smallest absolute Gasteiger partial charge is 0.243 e. The van der Waals surface area contributed by atoms with Crippen molar-refractivity contribution in [2.24, 2.45) is 5.92 Å². The quantitative estimate of drug-likeness (QED) is 0.572. The van der Waals surface area contributed by atoms with E-state index in [1.807, 2.05) is 0 Å². The Morgan fingerprint density at radius 2 is 2.00 bits per heavy atom. The van der Waals surface area contributed by atoms with Crippen LogP contribution >= 0.6 is 11.6 Å². The van der Waals surface area contributed by atoms with E-state index >= 15 is 0 Å². The Hall–Kier alpha value is -2.67. The molecule has 2 aromatic carbocycles. The number of anilines is 1. The molecule has 0 aromatic heterocycles. The molecule has 1 amide bonds. The monoisotopic (exact) mass is 479 g/mol. The Morgan fingerprint density at radius 1 is 1.25 bits per heavy atom. The number of rotatable bonds is 8. The molecule has 170 valence electrons. The van der Waals surface area contributed by atoms with Crippen molar-refractivity contribution in [3.05, 3.63) is 53.3 Å². The lowest BCUT2D eigenvalue weighted by atomic mass is 9.97. The van der Waals surface area contributed by atoms with Crippen LogP contribution in [0.1, 0.15) is 25.7 Å². The highest BCUT2D eigenvalue weighted by atomic mass is 35.5. The van der Waals surface area contributed by atoms with Gasteiger partial charge >= 0.3 is 0 Å². The van der Waals surface area contributed by atoms with Crippen molar-refractivity contribution in [2.45, 2.75) is 30.6 Å². The topological polar surface area (TPSA) is 99.5 Å². The molecule has 7 nitrogen and oxygen atoms in total. The minimum absolute atomic E-state index is 0.0709. The first-order chi connectivity index (χ1) is 15.3. The van der Waals surface area contributed by atoms with Crippen molar-refractivity contribution in [3.8, 4) is 11.8 Å². The van der Waals surface area contributed by atoms with Crippen molar-refractivity contribution in [1.82, 2.24) is 4.31 Å². The number of hydrogen-bond acceptors (Lipinski definition) is 5. The van der Waals surface area contributed by atoms with E-state index in [1.165, 1.54) is 10.4 Å². The second kappa shape index (κ2) is 10.8. The Labute approximate surface area is 191 Å². The molecular weight excluding hydrogens is 457 g/mol. The number of benzene rings is 2. The van der Waals surface area contributed by atoms with Crippen LogP contribution in [0.2, 0.25) is 5.02 Å². The Morgan fingerprint density at radius 3 is 2.69 bits per heavy atom. The molecule has 1 N–H and O–H groups in total. The number of nitrogens with one attached hydrogen (secondary N) is 1. The van der Waals surface area contributed by atoms with Gasteiger partial charge in [-0.15, -0.1) is 0 Å². The van der Waals surface area contributed by atoms with Gasteiger partial charge in [0.25, 0.3) is 0 Å². The largest absolute Gasteiger partial charge is 0.493 e. The van der Waals surface area contributed by atoms with Crippen LogP contribution in [0.4, 0.5) is 10.1 Å². The summed E-state index contributed by atoms with van der Waals surface area (Å²) in [5.41, 5.74) is 0.587. The van der Waals surface area contributed by atoms with Crippen molar-refractivity contribution in [2.75, 3.05) is 25.0 Å². The number of nitriles is 1. The predicted octanol–water partition coefficient (Wildman–Crippen LogP) is 4.20. The minimum atomic E-state index is -3.81. The second-order valence-corrected chi connectivity index (χ2v) is 9.73. The lowest BCUT2D eigenvalue weighted by Gasteiger charge is -2.30. The summed E-state index contributed by atoms with van der Waals surface area (Å²) in [4.78, 5) is 12.6. The zero-order chi connectivity index (χ0) is 23.1. The number of halogens is 2. The van der Waals surface area contributed by atoms with E-state index in [0.29, 0.717) is 43.7 Å². The van der Waals surface area contributed by atoms with Crippen molar-refractivity contribution >= 4 is 33.2 Å². The standard InChI is InChI=1S/C22H23ClFN3O4S/c23-20-15-19(6-7-21(20)24)32(29,30)27-11-8-16(9-12-27)22(28)26-17-4-3-5-18(14-17)31-13-2-1-10-25/h3-7,14-16H,1-2,8-9,11-13H2,(H,26,28). The lowest BCUT2D eigenvalue weighted by Crippen LogP contribution is -2.41. The fraction of sp³-hybridized carbons (Fsp3) is 0.364. The third-order valence-electron chi connectivity index (χ3n) is 5.16. The normalized spacial score (nSPS) is 15.2. The molecule has 10 heteroatoms. The number of piperidine rings is 1. The first kappa shape index (κ1) is 24.0. The molecule has 0 saturated carbocycles. The molecule has 1 heterocycles. The van der Waals surface area contributed by atoms with Crippen LogP contribution in [0.15, 0.2) is 47.4 Å². The molecular formula is C22H23ClFN3O4S. The van der Waals surface area contributed by atoms with Crippen LogP contribution in [0.5, 0.6) is 5.75 Å². The van der Waals surface area contributed by atoms with E-state index in [-0.39, 0.29) is 34.8 Å². The Balaban J connectivity index is 1.55. The number of unbranched alkanes of at least 4 members (excludes halogenated alkanes) is 1. The molecule has 0 spiro atoms. The molecule has 32 heavy (non-hydrogen) atoms. The highest BCUT2D eigenvalue weighted by Crippen LogP contribution is 2.27. The van der Waals surface area contributed by atoms with Crippen LogP contribution in [-0.2, 0) is 14.8 Å². The number of carbonyl (C=O) groups excluding carboxylic acids is 1. The highest BCUT2D eigenvalue weighted by molar-refractivity contribution is 7.89. The van der Waals surface area contributed by atoms with Gasteiger partial charge in [-0.1, -0.05) is 17.7 Å². The second-order valence-electron chi connectivity index (χ2n) is 7.38. The predicted molar refractivity (Wildman–Crippen MR) is 118 cm³/mol. The first-order valence-electron chi connectivity index (χ1n) is 10.2. The summed E-state index contributed by atoms with van der Waals surface area (Å²) in [5.74, 6) is -0.607. The van der Waals surface area contributed by atoms with Crippen LogP contribution in [-0.4, -0.2) is 38.3 Å². The van der Waals surface area contributed by atoms with Crippen LogP contribution < -0.4 is 10.1 Å². The zero-order valence-corrected chi connectivity index (χ0v) is 18.8. The molecule has 0 unspecified atom stereocenters. The van der Waals surface area contributed by atoms with Gasteiger partial charge in [0.15, 0.2) is 0 Å². The summed E-state index contributed by atoms with van der Waals surface area (Å²) in [7, 11) is -3.81. The van der Waals surface area contributed by atoms with Gasteiger partial charge in [0, 0.05) is 37.2 Å². The maximum Gasteiger partial charge on any atom is 0.243 e. The maximum absolute atomic E-state index is 13.4. The van der Waals surface area contributed by atoms with Crippen molar-refractivity contribution < 1.29 is 22.3 Å². The van der Waals surface area contributed by atoms with Crippen LogP contribution in [0, 0.1) is 23.1 Å². The fourth-order valence-corrected chi connectivity index (χ4v) is 5.14.